The van der Waals surface area contributed by atoms with E-state index < -0.39 is 0 Å². The SMILES string of the molecule is CC(C)(C)C1CCN(C(=O)Cc2csc(N)n2)CC1. The van der Waals surface area contributed by atoms with E-state index in [-0.39, 0.29) is 5.91 Å². The van der Waals surface area contributed by atoms with E-state index in [2.05, 4.69) is 25.8 Å². The molecule has 2 rings (SSSR count). The molecule has 0 aromatic carbocycles. The maximum absolute atomic E-state index is 12.2. The van der Waals surface area contributed by atoms with Gasteiger partial charge in [-0.1, -0.05) is 20.8 Å². The summed E-state index contributed by atoms with van der Waals surface area (Å²) in [6.07, 6.45) is 2.59. The molecule has 1 aliphatic rings. The van der Waals surface area contributed by atoms with Gasteiger partial charge in [-0.3, -0.25) is 4.79 Å². The highest BCUT2D eigenvalue weighted by atomic mass is 32.1. The molecule has 1 fully saturated rings. The van der Waals surface area contributed by atoms with E-state index in [1.54, 1.807) is 0 Å². The van der Waals surface area contributed by atoms with E-state index in [0.29, 0.717) is 22.9 Å². The van der Waals surface area contributed by atoms with E-state index >= 15 is 0 Å². The van der Waals surface area contributed by atoms with Gasteiger partial charge in [-0.25, -0.2) is 4.98 Å². The van der Waals surface area contributed by atoms with Gasteiger partial charge in [0.15, 0.2) is 5.13 Å². The molecule has 1 amide bonds. The topological polar surface area (TPSA) is 59.2 Å². The van der Waals surface area contributed by atoms with E-state index in [1.807, 2.05) is 10.3 Å². The summed E-state index contributed by atoms with van der Waals surface area (Å²) in [5.74, 6) is 0.893. The fourth-order valence-electron chi connectivity index (χ4n) is 2.67. The van der Waals surface area contributed by atoms with Crippen molar-refractivity contribution in [3.8, 4) is 0 Å². The molecule has 1 aromatic heterocycles. The van der Waals surface area contributed by atoms with E-state index in [1.165, 1.54) is 11.3 Å². The first-order valence-electron chi connectivity index (χ1n) is 6.84. The monoisotopic (exact) mass is 281 g/mol. The van der Waals surface area contributed by atoms with Crippen LogP contribution in [0.25, 0.3) is 0 Å². The third kappa shape index (κ3) is 3.69. The molecule has 1 aromatic rings. The minimum atomic E-state index is 0.178. The Morgan fingerprint density at radius 3 is 2.58 bits per heavy atom. The predicted molar refractivity (Wildman–Crippen MR) is 79.0 cm³/mol. The van der Waals surface area contributed by atoms with Gasteiger partial charge >= 0.3 is 0 Å². The van der Waals surface area contributed by atoms with Crippen LogP contribution < -0.4 is 5.73 Å². The predicted octanol–water partition coefficient (Wildman–Crippen LogP) is 2.55. The summed E-state index contributed by atoms with van der Waals surface area (Å²) in [6, 6.07) is 0. The van der Waals surface area contributed by atoms with E-state index in [4.69, 9.17) is 5.73 Å². The normalized spacial score (nSPS) is 17.7. The van der Waals surface area contributed by atoms with Crippen molar-refractivity contribution < 1.29 is 4.79 Å². The molecular formula is C14H23N3OS. The largest absolute Gasteiger partial charge is 0.375 e. The highest BCUT2D eigenvalue weighted by Gasteiger charge is 2.30. The van der Waals surface area contributed by atoms with Crippen molar-refractivity contribution in [3.63, 3.8) is 0 Å². The molecule has 106 valence electrons. The standard InChI is InChI=1S/C14H23N3OS/c1-14(2,3)10-4-6-17(7-5-10)12(18)8-11-9-19-13(15)16-11/h9-10H,4-8H2,1-3H3,(H2,15,16). The summed E-state index contributed by atoms with van der Waals surface area (Å²) in [7, 11) is 0. The molecule has 1 aliphatic heterocycles. The molecule has 0 bridgehead atoms. The number of carbonyl (C=O) groups excluding carboxylic acids is 1. The van der Waals surface area contributed by atoms with Crippen molar-refractivity contribution in [2.45, 2.75) is 40.0 Å². The zero-order chi connectivity index (χ0) is 14.0. The minimum Gasteiger partial charge on any atom is -0.375 e. The number of hydrogen-bond donors (Lipinski definition) is 1. The summed E-state index contributed by atoms with van der Waals surface area (Å²) >= 11 is 1.39. The maximum atomic E-state index is 12.2. The van der Waals surface area contributed by atoms with Crippen molar-refractivity contribution >= 4 is 22.4 Å². The third-order valence-corrected chi connectivity index (χ3v) is 4.70. The first-order chi connectivity index (χ1) is 8.86. The Balaban J connectivity index is 1.86. The molecule has 5 heteroatoms. The summed E-state index contributed by atoms with van der Waals surface area (Å²) in [5.41, 5.74) is 6.72. The van der Waals surface area contributed by atoms with Crippen molar-refractivity contribution in [2.24, 2.45) is 11.3 Å². The van der Waals surface area contributed by atoms with Crippen LogP contribution in [0.5, 0.6) is 0 Å². The summed E-state index contributed by atoms with van der Waals surface area (Å²) in [6.45, 7) is 8.61. The molecule has 19 heavy (non-hydrogen) atoms. The lowest BCUT2D eigenvalue weighted by Gasteiger charge is -2.38. The zero-order valence-corrected chi connectivity index (χ0v) is 12.8. The molecule has 0 unspecified atom stereocenters. The molecule has 2 heterocycles. The number of nitrogens with two attached hydrogens (primary N) is 1. The second-order valence-electron chi connectivity index (χ2n) is 6.37. The zero-order valence-electron chi connectivity index (χ0n) is 12.0. The van der Waals surface area contributed by atoms with Crippen LogP contribution in [0.15, 0.2) is 5.38 Å². The molecule has 0 radical (unpaired) electrons. The van der Waals surface area contributed by atoms with Gasteiger partial charge in [-0.2, -0.15) is 0 Å². The van der Waals surface area contributed by atoms with Crippen molar-refractivity contribution in [2.75, 3.05) is 18.8 Å². The Morgan fingerprint density at radius 2 is 2.11 bits per heavy atom. The van der Waals surface area contributed by atoms with Gasteiger partial charge in [0.1, 0.15) is 0 Å². The van der Waals surface area contributed by atoms with Crippen LogP contribution in [0.2, 0.25) is 0 Å². The maximum Gasteiger partial charge on any atom is 0.228 e. The van der Waals surface area contributed by atoms with Crippen LogP contribution in [0, 0.1) is 11.3 Å². The second kappa shape index (κ2) is 5.49. The second-order valence-corrected chi connectivity index (χ2v) is 7.26. The third-order valence-electron chi connectivity index (χ3n) is 3.97. The number of carbonyl (C=O) groups is 1. The number of likely N-dealkylation sites (tertiary alicyclic amines) is 1. The number of aromatic nitrogens is 1. The lowest BCUT2D eigenvalue weighted by Crippen LogP contribution is -2.42. The average Bonchev–Trinajstić information content (AvgIpc) is 2.74. The number of amides is 1. The van der Waals surface area contributed by atoms with E-state index in [9.17, 15) is 4.79 Å². The molecule has 0 aliphatic carbocycles. The molecule has 0 atom stereocenters. The number of thiazole rings is 1. The van der Waals surface area contributed by atoms with Crippen LogP contribution in [-0.2, 0) is 11.2 Å². The van der Waals surface area contributed by atoms with Gasteiger partial charge in [0.25, 0.3) is 0 Å². The number of nitrogen functional groups attached to an aromatic ring is 1. The summed E-state index contributed by atoms with van der Waals surface area (Å²) in [4.78, 5) is 18.3. The Hall–Kier alpha value is -1.10. The Labute approximate surface area is 119 Å². The van der Waals surface area contributed by atoms with Crippen molar-refractivity contribution in [1.82, 2.24) is 9.88 Å². The van der Waals surface area contributed by atoms with Crippen LogP contribution >= 0.6 is 11.3 Å². The summed E-state index contributed by atoms with van der Waals surface area (Å²) < 4.78 is 0. The quantitative estimate of drug-likeness (QED) is 0.906. The molecule has 4 nitrogen and oxygen atoms in total. The lowest BCUT2D eigenvalue weighted by atomic mass is 9.75. The number of hydrogen-bond acceptors (Lipinski definition) is 4. The van der Waals surface area contributed by atoms with Gasteiger partial charge in [0.05, 0.1) is 12.1 Å². The Kier molecular flexibility index (Phi) is 4.13. The first kappa shape index (κ1) is 14.3. The lowest BCUT2D eigenvalue weighted by molar-refractivity contribution is -0.132. The number of nitrogens with zero attached hydrogens (tertiary/aromatic N) is 2. The van der Waals surface area contributed by atoms with Crippen LogP contribution in [0.4, 0.5) is 5.13 Å². The van der Waals surface area contributed by atoms with Gasteiger partial charge in [-0.05, 0) is 24.2 Å². The van der Waals surface area contributed by atoms with Crippen LogP contribution in [-0.4, -0.2) is 28.9 Å². The highest BCUT2D eigenvalue weighted by Crippen LogP contribution is 2.34. The summed E-state index contributed by atoms with van der Waals surface area (Å²) in [5, 5.41) is 2.41. The Morgan fingerprint density at radius 1 is 1.47 bits per heavy atom. The van der Waals surface area contributed by atoms with Gasteiger partial charge in [-0.15, -0.1) is 11.3 Å². The van der Waals surface area contributed by atoms with Gasteiger partial charge < -0.3 is 10.6 Å². The number of anilines is 1. The van der Waals surface area contributed by atoms with Crippen LogP contribution in [0.1, 0.15) is 39.3 Å². The van der Waals surface area contributed by atoms with Crippen molar-refractivity contribution in [1.29, 1.82) is 0 Å². The average molecular weight is 281 g/mol. The molecule has 0 spiro atoms. The minimum absolute atomic E-state index is 0.178. The number of rotatable bonds is 2. The fourth-order valence-corrected chi connectivity index (χ4v) is 3.23. The van der Waals surface area contributed by atoms with Crippen LogP contribution in [0.3, 0.4) is 0 Å². The molecule has 1 saturated heterocycles. The molecular weight excluding hydrogens is 258 g/mol. The van der Waals surface area contributed by atoms with E-state index in [0.717, 1.165) is 31.6 Å². The number of piperidine rings is 1. The fraction of sp³-hybridized carbons (Fsp3) is 0.714. The first-order valence-corrected chi connectivity index (χ1v) is 7.72. The Bertz CT molecular complexity index is 442. The molecule has 0 saturated carbocycles. The van der Waals surface area contributed by atoms with Crippen molar-refractivity contribution in [3.05, 3.63) is 11.1 Å². The van der Waals surface area contributed by atoms with Gasteiger partial charge in [0, 0.05) is 18.5 Å². The highest BCUT2D eigenvalue weighted by molar-refractivity contribution is 7.13. The smallest absolute Gasteiger partial charge is 0.228 e. The van der Waals surface area contributed by atoms with Gasteiger partial charge in [0.2, 0.25) is 5.91 Å². The molecule has 2 N–H and O–H groups in total.